The van der Waals surface area contributed by atoms with Crippen LogP contribution in [0.2, 0.25) is 0 Å². The van der Waals surface area contributed by atoms with E-state index in [0.29, 0.717) is 6.07 Å². The Morgan fingerprint density at radius 3 is 2.44 bits per heavy atom. The summed E-state index contributed by atoms with van der Waals surface area (Å²) in [5, 5.41) is -0.796. The normalized spacial score (nSPS) is 11.8. The Morgan fingerprint density at radius 1 is 1.50 bits per heavy atom. The van der Waals surface area contributed by atoms with E-state index in [1.54, 1.807) is 0 Å². The largest absolute Gasteiger partial charge is 0.491 e. The lowest BCUT2D eigenvalue weighted by molar-refractivity contribution is 0.146. The Hall–Kier alpha value is -1.15. The van der Waals surface area contributed by atoms with Crippen molar-refractivity contribution in [2.45, 2.75) is 11.5 Å². The van der Waals surface area contributed by atoms with Crippen molar-refractivity contribution in [2.75, 3.05) is 7.11 Å². The third kappa shape index (κ3) is 2.50. The highest BCUT2D eigenvalue weighted by Crippen LogP contribution is 2.27. The Morgan fingerprint density at radius 2 is 2.06 bits per heavy atom. The molecule has 0 saturated heterocycles. The van der Waals surface area contributed by atoms with Crippen LogP contribution in [-0.4, -0.2) is 20.5 Å². The van der Waals surface area contributed by atoms with Crippen LogP contribution in [0.4, 0.5) is 8.78 Å². The summed E-state index contributed by atoms with van der Waals surface area (Å²) in [4.78, 5) is 13.0. The monoisotopic (exact) mass is 273 g/mol. The minimum atomic E-state index is -4.28. The quantitative estimate of drug-likeness (QED) is 0.841. The number of aromatic nitrogens is 1. The Bertz CT molecular complexity index is 554. The first-order valence-corrected chi connectivity index (χ1v) is 6.12. The SMILES string of the molecule is COc1c(C(F)F)cc(S(=O)(=O)Cl)[nH]c1=O. The molecule has 1 heterocycles. The molecule has 5 nitrogen and oxygen atoms in total. The van der Waals surface area contributed by atoms with Gasteiger partial charge in [-0.2, -0.15) is 0 Å². The average Bonchev–Trinajstić information content (AvgIpc) is 2.14. The van der Waals surface area contributed by atoms with E-state index >= 15 is 0 Å². The molecule has 0 aliphatic heterocycles. The van der Waals surface area contributed by atoms with Crippen molar-refractivity contribution >= 4 is 19.7 Å². The van der Waals surface area contributed by atoms with Crippen LogP contribution >= 0.6 is 10.7 Å². The summed E-state index contributed by atoms with van der Waals surface area (Å²) in [5.74, 6) is -0.640. The zero-order chi connectivity index (χ0) is 12.5. The van der Waals surface area contributed by atoms with Crippen LogP contribution < -0.4 is 10.3 Å². The van der Waals surface area contributed by atoms with Gasteiger partial charge in [0.15, 0.2) is 10.8 Å². The van der Waals surface area contributed by atoms with Crippen LogP contribution in [0.3, 0.4) is 0 Å². The first-order chi connectivity index (χ1) is 7.27. The molecule has 0 unspecified atom stereocenters. The fourth-order valence-corrected chi connectivity index (χ4v) is 1.78. The molecule has 0 bridgehead atoms. The van der Waals surface area contributed by atoms with Crippen LogP contribution in [0.5, 0.6) is 5.75 Å². The molecule has 0 atom stereocenters. The van der Waals surface area contributed by atoms with E-state index in [0.717, 1.165) is 7.11 Å². The fourth-order valence-electron chi connectivity index (χ4n) is 1.05. The predicted molar refractivity (Wildman–Crippen MR) is 51.6 cm³/mol. The van der Waals surface area contributed by atoms with Gasteiger partial charge >= 0.3 is 0 Å². The molecule has 1 rings (SSSR count). The van der Waals surface area contributed by atoms with Crippen LogP contribution in [0.25, 0.3) is 0 Å². The maximum Gasteiger partial charge on any atom is 0.291 e. The van der Waals surface area contributed by atoms with Gasteiger partial charge in [0.25, 0.3) is 21.0 Å². The molecule has 0 aliphatic carbocycles. The predicted octanol–water partition coefficient (Wildman–Crippen LogP) is 1.25. The number of alkyl halides is 2. The summed E-state index contributed by atoms with van der Waals surface area (Å²) in [6.07, 6.45) is -3.05. The van der Waals surface area contributed by atoms with Crippen molar-refractivity contribution in [3.63, 3.8) is 0 Å². The fraction of sp³-hybridized carbons (Fsp3) is 0.286. The number of nitrogens with one attached hydrogen (secondary N) is 1. The minimum absolute atomic E-state index is 0.563. The number of H-pyrrole nitrogens is 1. The van der Waals surface area contributed by atoms with Gasteiger partial charge in [0, 0.05) is 10.7 Å². The van der Waals surface area contributed by atoms with Crippen molar-refractivity contribution < 1.29 is 21.9 Å². The second-order valence-electron chi connectivity index (χ2n) is 2.69. The summed E-state index contributed by atoms with van der Waals surface area (Å²) >= 11 is 0. The van der Waals surface area contributed by atoms with E-state index in [1.807, 2.05) is 4.98 Å². The molecule has 1 aromatic rings. The van der Waals surface area contributed by atoms with Crippen molar-refractivity contribution in [1.82, 2.24) is 4.98 Å². The van der Waals surface area contributed by atoms with E-state index in [2.05, 4.69) is 4.74 Å². The van der Waals surface area contributed by atoms with Crippen molar-refractivity contribution in [2.24, 2.45) is 0 Å². The molecule has 9 heteroatoms. The Labute approximate surface area is 93.4 Å². The van der Waals surface area contributed by atoms with E-state index in [-0.39, 0.29) is 0 Å². The van der Waals surface area contributed by atoms with Crippen molar-refractivity contribution in [1.29, 1.82) is 0 Å². The van der Waals surface area contributed by atoms with Gasteiger partial charge in [-0.3, -0.25) is 4.79 Å². The first kappa shape index (κ1) is 12.9. The van der Waals surface area contributed by atoms with E-state index in [1.165, 1.54) is 0 Å². The summed E-state index contributed by atoms with van der Waals surface area (Å²) in [7, 11) is 1.66. The molecule has 0 amide bonds. The zero-order valence-electron chi connectivity index (χ0n) is 7.83. The molecular weight excluding hydrogens is 268 g/mol. The lowest BCUT2D eigenvalue weighted by atomic mass is 10.2. The van der Waals surface area contributed by atoms with Gasteiger partial charge < -0.3 is 9.72 Å². The highest BCUT2D eigenvalue weighted by molar-refractivity contribution is 8.13. The number of ether oxygens (including phenoxy) is 1. The van der Waals surface area contributed by atoms with E-state index in [9.17, 15) is 22.0 Å². The second-order valence-corrected chi connectivity index (χ2v) is 5.22. The van der Waals surface area contributed by atoms with Gasteiger partial charge in [0.05, 0.1) is 12.7 Å². The molecule has 16 heavy (non-hydrogen) atoms. The van der Waals surface area contributed by atoms with Gasteiger partial charge in [-0.15, -0.1) is 0 Å². The lowest BCUT2D eigenvalue weighted by Crippen LogP contribution is -2.15. The van der Waals surface area contributed by atoms with Gasteiger partial charge in [0.1, 0.15) is 0 Å². The number of pyridine rings is 1. The molecule has 0 spiro atoms. The molecule has 1 aromatic heterocycles. The summed E-state index contributed by atoms with van der Waals surface area (Å²) in [5.41, 5.74) is -1.91. The van der Waals surface area contributed by atoms with Crippen LogP contribution in [0.1, 0.15) is 12.0 Å². The maximum atomic E-state index is 12.5. The van der Waals surface area contributed by atoms with Crippen molar-refractivity contribution in [3.8, 4) is 5.75 Å². The summed E-state index contributed by atoms with van der Waals surface area (Å²) in [6, 6.07) is 0.563. The molecule has 0 saturated carbocycles. The highest BCUT2D eigenvalue weighted by Gasteiger charge is 2.22. The molecular formula is C7H6ClF2NO4S. The number of halogens is 3. The highest BCUT2D eigenvalue weighted by atomic mass is 35.7. The average molecular weight is 274 g/mol. The minimum Gasteiger partial charge on any atom is -0.491 e. The number of hydrogen-bond acceptors (Lipinski definition) is 4. The maximum absolute atomic E-state index is 12.5. The summed E-state index contributed by atoms with van der Waals surface area (Å²) in [6.45, 7) is 0. The van der Waals surface area contributed by atoms with Gasteiger partial charge in [-0.25, -0.2) is 17.2 Å². The van der Waals surface area contributed by atoms with Crippen LogP contribution in [0, 0.1) is 0 Å². The number of hydrogen-bond donors (Lipinski definition) is 1. The Kier molecular flexibility index (Phi) is 3.54. The van der Waals surface area contributed by atoms with Gasteiger partial charge in [-0.05, 0) is 6.07 Å². The molecule has 0 fully saturated rings. The Balaban J connectivity index is 3.59. The molecule has 1 N–H and O–H groups in total. The summed E-state index contributed by atoms with van der Waals surface area (Å²) < 4.78 is 51.2. The van der Waals surface area contributed by atoms with Gasteiger partial charge in [-0.1, -0.05) is 0 Å². The molecule has 90 valence electrons. The topological polar surface area (TPSA) is 76.2 Å². The first-order valence-electron chi connectivity index (χ1n) is 3.81. The third-order valence-electron chi connectivity index (χ3n) is 1.69. The standard InChI is InChI=1S/C7H6ClF2NO4S/c1-15-5-3(6(9)10)2-4(11-7(5)12)16(8,13)14/h2,6H,1H3,(H,11,12). The zero-order valence-corrected chi connectivity index (χ0v) is 9.40. The van der Waals surface area contributed by atoms with Crippen LogP contribution in [0.15, 0.2) is 15.9 Å². The van der Waals surface area contributed by atoms with Crippen LogP contribution in [-0.2, 0) is 9.05 Å². The lowest BCUT2D eigenvalue weighted by Gasteiger charge is -2.07. The number of aromatic amines is 1. The number of rotatable bonds is 3. The van der Waals surface area contributed by atoms with E-state index in [4.69, 9.17) is 10.7 Å². The third-order valence-corrected chi connectivity index (χ3v) is 2.94. The van der Waals surface area contributed by atoms with E-state index < -0.39 is 37.4 Å². The molecule has 0 radical (unpaired) electrons. The smallest absolute Gasteiger partial charge is 0.291 e. The van der Waals surface area contributed by atoms with Gasteiger partial charge in [0.2, 0.25) is 0 Å². The number of methoxy groups -OCH3 is 1. The second kappa shape index (κ2) is 4.38. The molecule has 0 aromatic carbocycles. The molecule has 0 aliphatic rings. The van der Waals surface area contributed by atoms with Crippen molar-refractivity contribution in [3.05, 3.63) is 22.0 Å².